The van der Waals surface area contributed by atoms with Gasteiger partial charge in [0.2, 0.25) is 0 Å². The highest BCUT2D eigenvalue weighted by atomic mass is 16.5. The van der Waals surface area contributed by atoms with Crippen molar-refractivity contribution in [1.29, 1.82) is 0 Å². The molecular formula is C12H17NO2. The lowest BCUT2D eigenvalue weighted by Gasteiger charge is -2.21. The zero-order valence-corrected chi connectivity index (χ0v) is 9.63. The fourth-order valence-corrected chi connectivity index (χ4v) is 1.43. The van der Waals surface area contributed by atoms with Crippen LogP contribution in [-0.4, -0.2) is 13.4 Å². The molecule has 0 amide bonds. The summed E-state index contributed by atoms with van der Waals surface area (Å²) in [7, 11) is 1.51. The van der Waals surface area contributed by atoms with Crippen LogP contribution in [0.2, 0.25) is 0 Å². The number of nitrogen functional groups attached to an aromatic ring is 1. The number of nitrogens with two attached hydrogens (primary N) is 1. The van der Waals surface area contributed by atoms with E-state index in [1.165, 1.54) is 7.11 Å². The minimum atomic E-state index is -0.0296. The molecule has 2 N–H and O–H groups in total. The first kappa shape index (κ1) is 11.6. The first-order chi connectivity index (χ1) is 6.90. The Kier molecular flexibility index (Phi) is 3.03. The van der Waals surface area contributed by atoms with Gasteiger partial charge in [0.15, 0.2) is 12.0 Å². The van der Waals surface area contributed by atoms with E-state index in [4.69, 9.17) is 10.5 Å². The van der Waals surface area contributed by atoms with Crippen molar-refractivity contribution in [2.24, 2.45) is 0 Å². The average Bonchev–Trinajstić information content (AvgIpc) is 2.15. The van der Waals surface area contributed by atoms with E-state index >= 15 is 0 Å². The van der Waals surface area contributed by atoms with Crippen LogP contribution in [0.5, 0.6) is 5.75 Å². The zero-order chi connectivity index (χ0) is 11.6. The van der Waals surface area contributed by atoms with Gasteiger partial charge in [-0.1, -0.05) is 20.8 Å². The number of ether oxygens (including phenoxy) is 1. The van der Waals surface area contributed by atoms with Crippen LogP contribution < -0.4 is 10.5 Å². The van der Waals surface area contributed by atoms with Crippen molar-refractivity contribution < 1.29 is 9.53 Å². The van der Waals surface area contributed by atoms with Crippen molar-refractivity contribution in [1.82, 2.24) is 0 Å². The Labute approximate surface area is 90.2 Å². The van der Waals surface area contributed by atoms with E-state index in [2.05, 4.69) is 20.8 Å². The molecule has 0 aliphatic carbocycles. The van der Waals surface area contributed by atoms with Gasteiger partial charge in [0, 0.05) is 0 Å². The monoisotopic (exact) mass is 207 g/mol. The predicted molar refractivity (Wildman–Crippen MR) is 61.5 cm³/mol. The summed E-state index contributed by atoms with van der Waals surface area (Å²) in [6, 6.07) is 3.67. The maximum atomic E-state index is 10.9. The maximum absolute atomic E-state index is 10.9. The third-order valence-electron chi connectivity index (χ3n) is 2.34. The molecule has 0 spiro atoms. The molecule has 0 aliphatic heterocycles. The summed E-state index contributed by atoms with van der Waals surface area (Å²) in [6.45, 7) is 6.22. The zero-order valence-electron chi connectivity index (χ0n) is 9.63. The molecular weight excluding hydrogens is 190 g/mol. The van der Waals surface area contributed by atoms with Crippen molar-refractivity contribution in [3.05, 3.63) is 23.3 Å². The molecule has 82 valence electrons. The van der Waals surface area contributed by atoms with Crippen LogP contribution in [0, 0.1) is 0 Å². The van der Waals surface area contributed by atoms with Crippen LogP contribution in [0.1, 0.15) is 36.7 Å². The van der Waals surface area contributed by atoms with Crippen LogP contribution in [0.25, 0.3) is 0 Å². The van der Waals surface area contributed by atoms with Gasteiger partial charge in [-0.25, -0.2) is 0 Å². The summed E-state index contributed by atoms with van der Waals surface area (Å²) < 4.78 is 5.08. The van der Waals surface area contributed by atoms with Gasteiger partial charge in [-0.3, -0.25) is 4.79 Å². The van der Waals surface area contributed by atoms with Gasteiger partial charge in [-0.15, -0.1) is 0 Å². The molecule has 0 radical (unpaired) electrons. The number of rotatable bonds is 2. The fraction of sp³-hybridized carbons (Fsp3) is 0.417. The van der Waals surface area contributed by atoms with Crippen molar-refractivity contribution in [2.75, 3.05) is 12.8 Å². The lowest BCUT2D eigenvalue weighted by Crippen LogP contribution is -2.12. The average molecular weight is 207 g/mol. The number of methoxy groups -OCH3 is 1. The van der Waals surface area contributed by atoms with Gasteiger partial charge in [0.05, 0.1) is 18.4 Å². The van der Waals surface area contributed by atoms with Crippen LogP contribution in [0.4, 0.5) is 5.69 Å². The lowest BCUT2D eigenvalue weighted by atomic mass is 9.85. The third kappa shape index (κ3) is 2.29. The topological polar surface area (TPSA) is 52.3 Å². The predicted octanol–water partition coefficient (Wildman–Crippen LogP) is 2.39. The van der Waals surface area contributed by atoms with Crippen molar-refractivity contribution in [3.8, 4) is 5.75 Å². The molecule has 1 aromatic carbocycles. The maximum Gasteiger partial charge on any atom is 0.153 e. The van der Waals surface area contributed by atoms with Gasteiger partial charge < -0.3 is 10.5 Å². The molecule has 0 saturated heterocycles. The molecule has 0 atom stereocenters. The molecule has 0 heterocycles. The summed E-state index contributed by atoms with van der Waals surface area (Å²) in [5.41, 5.74) is 7.83. The Morgan fingerprint density at radius 3 is 2.33 bits per heavy atom. The van der Waals surface area contributed by atoms with Gasteiger partial charge in [-0.2, -0.15) is 0 Å². The molecule has 15 heavy (non-hydrogen) atoms. The second-order valence-corrected chi connectivity index (χ2v) is 4.56. The highest BCUT2D eigenvalue weighted by Crippen LogP contribution is 2.32. The fourth-order valence-electron chi connectivity index (χ4n) is 1.43. The van der Waals surface area contributed by atoms with E-state index in [0.29, 0.717) is 17.0 Å². The Bertz CT molecular complexity index is 378. The highest BCUT2D eigenvalue weighted by molar-refractivity contribution is 5.84. The summed E-state index contributed by atoms with van der Waals surface area (Å²) in [6.07, 6.45) is 0.768. The van der Waals surface area contributed by atoms with Crippen molar-refractivity contribution in [3.63, 3.8) is 0 Å². The Morgan fingerprint density at radius 1 is 1.33 bits per heavy atom. The Balaban J connectivity index is 3.38. The molecule has 3 nitrogen and oxygen atoms in total. The summed E-state index contributed by atoms with van der Waals surface area (Å²) in [4.78, 5) is 10.9. The van der Waals surface area contributed by atoms with Crippen LogP contribution >= 0.6 is 0 Å². The number of carbonyl (C=O) groups is 1. The molecule has 1 aromatic rings. The number of carbonyl (C=O) groups excluding carboxylic acids is 1. The van der Waals surface area contributed by atoms with Gasteiger partial charge in [0.1, 0.15) is 0 Å². The second kappa shape index (κ2) is 3.93. The van der Waals surface area contributed by atoms with E-state index < -0.39 is 0 Å². The first-order valence-electron chi connectivity index (χ1n) is 4.83. The largest absolute Gasteiger partial charge is 0.494 e. The van der Waals surface area contributed by atoms with Crippen molar-refractivity contribution >= 4 is 12.0 Å². The first-order valence-corrected chi connectivity index (χ1v) is 4.83. The van der Waals surface area contributed by atoms with E-state index in [9.17, 15) is 4.79 Å². The molecule has 0 unspecified atom stereocenters. The minimum absolute atomic E-state index is 0.0296. The van der Waals surface area contributed by atoms with Crippen LogP contribution in [0.3, 0.4) is 0 Å². The number of hydrogen-bond acceptors (Lipinski definition) is 3. The quantitative estimate of drug-likeness (QED) is 0.598. The summed E-state index contributed by atoms with van der Waals surface area (Å²) >= 11 is 0. The van der Waals surface area contributed by atoms with E-state index in [1.54, 1.807) is 0 Å². The van der Waals surface area contributed by atoms with Gasteiger partial charge >= 0.3 is 0 Å². The highest BCUT2D eigenvalue weighted by Gasteiger charge is 2.17. The molecule has 0 aliphatic rings. The Hall–Kier alpha value is -1.51. The molecule has 1 rings (SSSR count). The number of aldehydes is 1. The minimum Gasteiger partial charge on any atom is -0.494 e. The lowest BCUT2D eigenvalue weighted by molar-refractivity contribution is 0.112. The molecule has 3 heteroatoms. The molecule has 0 bridgehead atoms. The number of anilines is 1. The molecule has 0 aromatic heterocycles. The Morgan fingerprint density at radius 2 is 1.93 bits per heavy atom. The SMILES string of the molecule is COc1c(N)cc(C(C)(C)C)cc1C=O. The smallest absolute Gasteiger partial charge is 0.153 e. The van der Waals surface area contributed by atoms with Crippen LogP contribution in [-0.2, 0) is 5.41 Å². The van der Waals surface area contributed by atoms with Gasteiger partial charge in [0.25, 0.3) is 0 Å². The van der Waals surface area contributed by atoms with E-state index in [-0.39, 0.29) is 5.41 Å². The summed E-state index contributed by atoms with van der Waals surface area (Å²) in [5, 5.41) is 0. The molecule has 0 saturated carbocycles. The van der Waals surface area contributed by atoms with Gasteiger partial charge in [-0.05, 0) is 23.1 Å². The van der Waals surface area contributed by atoms with Crippen LogP contribution in [0.15, 0.2) is 12.1 Å². The number of benzene rings is 1. The second-order valence-electron chi connectivity index (χ2n) is 4.56. The third-order valence-corrected chi connectivity index (χ3v) is 2.34. The standard InChI is InChI=1S/C12H17NO2/c1-12(2,3)9-5-8(7-14)11(15-4)10(13)6-9/h5-7H,13H2,1-4H3. The summed E-state index contributed by atoms with van der Waals surface area (Å²) in [5.74, 6) is 0.456. The normalized spacial score (nSPS) is 11.2. The molecule has 0 fully saturated rings. The van der Waals surface area contributed by atoms with Crippen molar-refractivity contribution in [2.45, 2.75) is 26.2 Å². The number of hydrogen-bond donors (Lipinski definition) is 1. The van der Waals surface area contributed by atoms with E-state index in [0.717, 1.165) is 11.8 Å². The van der Waals surface area contributed by atoms with E-state index in [1.807, 2.05) is 12.1 Å².